The Labute approximate surface area is 88.3 Å². The second-order valence-corrected chi connectivity index (χ2v) is 3.12. The fraction of sp³-hybridized carbons (Fsp3) is 0.667. The van der Waals surface area contributed by atoms with Crippen molar-refractivity contribution in [2.45, 2.75) is 17.4 Å². The Bertz CT molecular complexity index is 190. The van der Waals surface area contributed by atoms with Crippen LogP contribution in [-0.4, -0.2) is 62.0 Å². The maximum atomic E-state index is 10.5. The van der Waals surface area contributed by atoms with E-state index in [-0.39, 0.29) is 5.32 Å². The molecular formula is C6H11N2O5Se. The van der Waals surface area contributed by atoms with E-state index in [4.69, 9.17) is 15.3 Å². The average molecular weight is 270 g/mol. The zero-order chi connectivity index (χ0) is 11.1. The van der Waals surface area contributed by atoms with Gasteiger partial charge in [0.2, 0.25) is 0 Å². The number of hydrogen-bond donors (Lipinski definition) is 5. The van der Waals surface area contributed by atoms with Gasteiger partial charge in [0.05, 0.1) is 0 Å². The molecule has 81 valence electrons. The summed E-state index contributed by atoms with van der Waals surface area (Å²) < 4.78 is 0. The van der Waals surface area contributed by atoms with E-state index < -0.39 is 30.6 Å². The van der Waals surface area contributed by atoms with Crippen LogP contribution in [0, 0.1) is 0 Å². The predicted octanol–water partition coefficient (Wildman–Crippen LogP) is -2.43. The Kier molecular flexibility index (Phi) is 6.42. The molecule has 0 heterocycles. The molecule has 0 fully saturated rings. The number of carbonyl (C=O) groups is 2. The number of rotatable bonds is 7. The molecule has 0 aromatic carbocycles. The van der Waals surface area contributed by atoms with E-state index in [1.165, 1.54) is 0 Å². The Morgan fingerprint density at radius 2 is 1.57 bits per heavy atom. The Morgan fingerprint density at radius 1 is 1.14 bits per heavy atom. The normalized spacial score (nSPS) is 14.7. The third-order valence-corrected chi connectivity index (χ3v) is 2.08. The molecule has 0 amide bonds. The first-order chi connectivity index (χ1) is 6.52. The Hall–Kier alpha value is -0.661. The van der Waals surface area contributed by atoms with Gasteiger partial charge in [0.1, 0.15) is 0 Å². The molecule has 14 heavy (non-hydrogen) atoms. The van der Waals surface area contributed by atoms with Crippen LogP contribution in [0.5, 0.6) is 0 Å². The number of carboxylic acids is 2. The fourth-order valence-corrected chi connectivity index (χ4v) is 1.04. The van der Waals surface area contributed by atoms with Crippen molar-refractivity contribution in [2.24, 2.45) is 0 Å². The standard InChI is InChI=1S/C6H11N2O5Se/c9-1-3(5(10)11)7-8-4(2-14)6(12)13/h3-4,7-9H,1-2H2,(H,10,11)(H,12,13)/t3-,4-/m0/s1. The molecule has 0 saturated carbocycles. The molecule has 0 saturated heterocycles. The molecule has 0 aliphatic carbocycles. The van der Waals surface area contributed by atoms with Crippen LogP contribution in [0.1, 0.15) is 0 Å². The Morgan fingerprint density at radius 3 is 1.86 bits per heavy atom. The first kappa shape index (κ1) is 13.3. The van der Waals surface area contributed by atoms with E-state index in [0.717, 1.165) is 0 Å². The van der Waals surface area contributed by atoms with Crippen molar-refractivity contribution in [2.75, 3.05) is 6.61 Å². The second-order valence-electron chi connectivity index (χ2n) is 2.42. The van der Waals surface area contributed by atoms with Crippen LogP contribution in [0.25, 0.3) is 0 Å². The number of carboxylic acid groups (broad SMARTS) is 2. The molecule has 0 spiro atoms. The molecular weight excluding hydrogens is 259 g/mol. The summed E-state index contributed by atoms with van der Waals surface area (Å²) in [7, 11) is 0. The quantitative estimate of drug-likeness (QED) is 0.258. The van der Waals surface area contributed by atoms with E-state index >= 15 is 0 Å². The minimum atomic E-state index is -1.26. The van der Waals surface area contributed by atoms with Crippen molar-refractivity contribution < 1.29 is 24.9 Å². The number of hydrogen-bond acceptors (Lipinski definition) is 5. The molecule has 0 aromatic heterocycles. The molecule has 0 aliphatic heterocycles. The molecule has 0 aliphatic rings. The van der Waals surface area contributed by atoms with Crippen LogP contribution in [0.15, 0.2) is 0 Å². The zero-order valence-electron chi connectivity index (χ0n) is 7.14. The first-order valence-electron chi connectivity index (χ1n) is 3.68. The summed E-state index contributed by atoms with van der Waals surface area (Å²) in [5.74, 6) is -2.37. The van der Waals surface area contributed by atoms with Crippen molar-refractivity contribution in [3.05, 3.63) is 0 Å². The number of aliphatic hydroxyl groups is 1. The van der Waals surface area contributed by atoms with Crippen molar-refractivity contribution in [3.63, 3.8) is 0 Å². The molecule has 0 aromatic rings. The topological polar surface area (TPSA) is 119 Å². The second kappa shape index (κ2) is 6.74. The fourth-order valence-electron chi connectivity index (χ4n) is 0.561. The first-order valence-corrected chi connectivity index (χ1v) is 4.89. The zero-order valence-corrected chi connectivity index (χ0v) is 8.85. The molecule has 8 heteroatoms. The van der Waals surface area contributed by atoms with Gasteiger partial charge in [0.15, 0.2) is 0 Å². The Balaban J connectivity index is 4.00. The van der Waals surface area contributed by atoms with Gasteiger partial charge in [-0.25, -0.2) is 0 Å². The summed E-state index contributed by atoms with van der Waals surface area (Å²) in [4.78, 5) is 20.9. The van der Waals surface area contributed by atoms with Crippen LogP contribution < -0.4 is 10.9 Å². The monoisotopic (exact) mass is 271 g/mol. The summed E-state index contributed by atoms with van der Waals surface area (Å²) in [6.45, 7) is -0.623. The summed E-state index contributed by atoms with van der Waals surface area (Å²) in [6, 6.07) is -2.15. The number of aliphatic carboxylic acids is 2. The third kappa shape index (κ3) is 4.54. The number of nitrogens with one attached hydrogen (secondary N) is 2. The van der Waals surface area contributed by atoms with Gasteiger partial charge in [-0.2, -0.15) is 0 Å². The van der Waals surface area contributed by atoms with Gasteiger partial charge in [-0.1, -0.05) is 0 Å². The van der Waals surface area contributed by atoms with Crippen molar-refractivity contribution in [3.8, 4) is 0 Å². The van der Waals surface area contributed by atoms with Gasteiger partial charge in [0, 0.05) is 0 Å². The van der Waals surface area contributed by atoms with Crippen LogP contribution >= 0.6 is 0 Å². The van der Waals surface area contributed by atoms with E-state index in [2.05, 4.69) is 26.9 Å². The summed E-state index contributed by atoms with van der Waals surface area (Å²) in [5, 5.41) is 25.8. The van der Waals surface area contributed by atoms with Gasteiger partial charge < -0.3 is 0 Å². The van der Waals surface area contributed by atoms with Gasteiger partial charge in [-0.15, -0.1) is 0 Å². The van der Waals surface area contributed by atoms with Crippen LogP contribution in [0.3, 0.4) is 0 Å². The van der Waals surface area contributed by atoms with Gasteiger partial charge in [-0.3, -0.25) is 0 Å². The van der Waals surface area contributed by atoms with Gasteiger partial charge in [-0.05, 0) is 0 Å². The summed E-state index contributed by atoms with van der Waals surface area (Å²) in [5.41, 5.74) is 4.48. The number of hydrazine groups is 1. The van der Waals surface area contributed by atoms with E-state index in [9.17, 15) is 9.59 Å². The minimum absolute atomic E-state index is 0.181. The SMILES string of the molecule is O=C(O)[C@H](CO)NN[C@@H](C[Se])C(=O)O. The molecule has 7 nitrogen and oxygen atoms in total. The average Bonchev–Trinajstić information content (AvgIpc) is 2.11. The van der Waals surface area contributed by atoms with Crippen LogP contribution in [-0.2, 0) is 9.59 Å². The molecule has 0 rings (SSSR count). The summed E-state index contributed by atoms with van der Waals surface area (Å²) in [6.07, 6.45) is 0. The van der Waals surface area contributed by atoms with Crippen molar-refractivity contribution in [1.82, 2.24) is 10.9 Å². The molecule has 0 bridgehead atoms. The van der Waals surface area contributed by atoms with E-state index in [0.29, 0.717) is 0 Å². The van der Waals surface area contributed by atoms with Crippen LogP contribution in [0.4, 0.5) is 0 Å². The van der Waals surface area contributed by atoms with E-state index in [1.807, 2.05) is 0 Å². The van der Waals surface area contributed by atoms with Crippen LogP contribution in [0.2, 0.25) is 5.32 Å². The van der Waals surface area contributed by atoms with Gasteiger partial charge >= 0.3 is 87.7 Å². The molecule has 1 radical (unpaired) electrons. The van der Waals surface area contributed by atoms with Gasteiger partial charge in [0.25, 0.3) is 0 Å². The number of aliphatic hydroxyl groups excluding tert-OH is 1. The third-order valence-electron chi connectivity index (χ3n) is 1.38. The molecule has 2 atom stereocenters. The molecule has 5 N–H and O–H groups in total. The van der Waals surface area contributed by atoms with E-state index in [1.54, 1.807) is 0 Å². The summed E-state index contributed by atoms with van der Waals surface area (Å²) >= 11 is 2.50. The molecule has 0 unspecified atom stereocenters. The van der Waals surface area contributed by atoms with Crippen molar-refractivity contribution >= 4 is 28.0 Å². The predicted molar refractivity (Wildman–Crippen MR) is 46.8 cm³/mol. The maximum absolute atomic E-state index is 10.5. The van der Waals surface area contributed by atoms with Crippen molar-refractivity contribution in [1.29, 1.82) is 0 Å².